The molecular weight excluding hydrogens is 260 g/mol. The summed E-state index contributed by atoms with van der Waals surface area (Å²) < 4.78 is 0. The maximum Gasteiger partial charge on any atom is 0.00693 e. The number of rotatable bonds is 1. The lowest BCUT2D eigenvalue weighted by atomic mass is 10.2. The lowest BCUT2D eigenvalue weighted by Crippen LogP contribution is -1.70. The average Bonchev–Trinajstić information content (AvgIpc) is 2.67. The van der Waals surface area contributed by atoms with Crippen molar-refractivity contribution >= 4 is 11.8 Å². The third-order valence-electron chi connectivity index (χ3n) is 2.49. The van der Waals surface area contributed by atoms with Gasteiger partial charge in [0.15, 0.2) is 0 Å². The Bertz CT molecular complexity index is 473. The number of aryl methyl sites for hydroxylation is 1. The quantitative estimate of drug-likeness (QED) is 0.428. The van der Waals surface area contributed by atoms with E-state index < -0.39 is 0 Å². The number of benzene rings is 1. The molecule has 2 rings (SSSR count). The first-order chi connectivity index (χ1) is 9.61. The van der Waals surface area contributed by atoms with Crippen molar-refractivity contribution in [1.82, 2.24) is 0 Å². The molecular formula is C19H26S. The van der Waals surface area contributed by atoms with Crippen LogP contribution in [0.2, 0.25) is 0 Å². The van der Waals surface area contributed by atoms with Gasteiger partial charge in [0, 0.05) is 4.90 Å². The normalized spacial score (nSPS) is 12.1. The van der Waals surface area contributed by atoms with E-state index in [9.17, 15) is 0 Å². The summed E-state index contributed by atoms with van der Waals surface area (Å²) in [5.41, 5.74) is 6.89. The van der Waals surface area contributed by atoms with E-state index in [0.29, 0.717) is 0 Å². The van der Waals surface area contributed by atoms with Crippen LogP contribution in [0.5, 0.6) is 0 Å². The van der Waals surface area contributed by atoms with Crippen molar-refractivity contribution in [3.8, 4) is 0 Å². The molecule has 0 aliphatic heterocycles. The third kappa shape index (κ3) is 8.63. The monoisotopic (exact) mass is 286 g/mol. The van der Waals surface area contributed by atoms with Crippen molar-refractivity contribution in [2.45, 2.75) is 39.5 Å². The van der Waals surface area contributed by atoms with Crippen molar-refractivity contribution in [2.75, 3.05) is 6.26 Å². The number of hydrogen-bond donors (Lipinski definition) is 0. The summed E-state index contributed by atoms with van der Waals surface area (Å²) >= 11 is 1.78. The van der Waals surface area contributed by atoms with Crippen LogP contribution in [0.4, 0.5) is 0 Å². The molecule has 0 atom stereocenters. The highest BCUT2D eigenvalue weighted by Crippen LogP contribution is 2.13. The molecule has 1 aliphatic carbocycles. The molecule has 108 valence electrons. The predicted molar refractivity (Wildman–Crippen MR) is 94.5 cm³/mol. The Balaban J connectivity index is 0.000000321. The van der Waals surface area contributed by atoms with Gasteiger partial charge in [0.05, 0.1) is 0 Å². The fourth-order valence-corrected chi connectivity index (χ4v) is 1.75. The minimum absolute atomic E-state index is 1.25. The van der Waals surface area contributed by atoms with Gasteiger partial charge in [-0.05, 0) is 62.5 Å². The summed E-state index contributed by atoms with van der Waals surface area (Å²) in [7, 11) is 0. The highest BCUT2D eigenvalue weighted by Gasteiger charge is 1.85. The maximum absolute atomic E-state index is 3.06. The third-order valence-corrected chi connectivity index (χ3v) is 3.23. The molecule has 0 saturated heterocycles. The van der Waals surface area contributed by atoms with Gasteiger partial charge >= 0.3 is 0 Å². The molecule has 1 aliphatic rings. The van der Waals surface area contributed by atoms with Crippen molar-refractivity contribution in [3.63, 3.8) is 0 Å². The van der Waals surface area contributed by atoms with Gasteiger partial charge in [0.1, 0.15) is 0 Å². The Morgan fingerprint density at radius 3 is 1.65 bits per heavy atom. The molecule has 0 aromatic heterocycles. The Morgan fingerprint density at radius 1 is 0.800 bits per heavy atom. The number of thioether (sulfide) groups is 1. The molecule has 0 bridgehead atoms. The topological polar surface area (TPSA) is 0 Å². The first kappa shape index (κ1) is 18.6. The first-order valence-corrected chi connectivity index (χ1v) is 8.22. The smallest absolute Gasteiger partial charge is 0.00693 e. The summed E-state index contributed by atoms with van der Waals surface area (Å²) in [5.74, 6) is 0. The number of allylic oxidation sites excluding steroid dienone is 5. The fourth-order valence-electron chi connectivity index (χ4n) is 1.34. The molecule has 0 spiro atoms. The zero-order chi connectivity index (χ0) is 15.4. The average molecular weight is 286 g/mol. The molecule has 1 aromatic carbocycles. The van der Waals surface area contributed by atoms with E-state index in [0.717, 1.165) is 0 Å². The predicted octanol–water partition coefficient (Wildman–Crippen LogP) is 6.35. The van der Waals surface area contributed by atoms with E-state index in [1.54, 1.807) is 11.8 Å². The lowest BCUT2D eigenvalue weighted by molar-refractivity contribution is 1.38. The minimum Gasteiger partial charge on any atom is -0.130 e. The summed E-state index contributed by atoms with van der Waals surface area (Å²) in [6.45, 7) is 10.2. The molecule has 0 nitrogen and oxygen atoms in total. The van der Waals surface area contributed by atoms with E-state index in [-0.39, 0.29) is 0 Å². The van der Waals surface area contributed by atoms with Crippen LogP contribution in [-0.2, 0) is 0 Å². The van der Waals surface area contributed by atoms with Crippen molar-refractivity contribution in [2.24, 2.45) is 0 Å². The second kappa shape index (κ2) is 11.4. The van der Waals surface area contributed by atoms with Crippen LogP contribution in [0.3, 0.4) is 0 Å². The molecule has 0 heterocycles. The number of hydrogen-bond acceptors (Lipinski definition) is 1. The highest BCUT2D eigenvalue weighted by molar-refractivity contribution is 7.98. The fraction of sp³-hybridized carbons (Fsp3) is 0.316. The second-order valence-electron chi connectivity index (χ2n) is 4.29. The minimum atomic E-state index is 1.25. The summed E-state index contributed by atoms with van der Waals surface area (Å²) in [6, 6.07) is 8.54. The zero-order valence-corrected chi connectivity index (χ0v) is 14.3. The van der Waals surface area contributed by atoms with E-state index in [4.69, 9.17) is 0 Å². The Labute approximate surface area is 129 Å². The van der Waals surface area contributed by atoms with Crippen LogP contribution in [0.25, 0.3) is 0 Å². The molecule has 0 amide bonds. The molecule has 1 heteroatoms. The van der Waals surface area contributed by atoms with Gasteiger partial charge in [0.25, 0.3) is 0 Å². The second-order valence-corrected chi connectivity index (χ2v) is 5.17. The Hall–Kier alpha value is -1.43. The van der Waals surface area contributed by atoms with Crippen LogP contribution in [0.1, 0.15) is 33.3 Å². The standard InChI is InChI=1S/C9H10.C8H10S.C2H6/c1-8-4-3-5-9(2)7-6-8;1-7-3-5-8(9-2)6-4-7;1-2/h4-7H,1-2H3;3-6H,1-2H3;1-2H3. The van der Waals surface area contributed by atoms with Gasteiger partial charge in [0.2, 0.25) is 0 Å². The first-order valence-electron chi connectivity index (χ1n) is 7.00. The van der Waals surface area contributed by atoms with Crippen molar-refractivity contribution < 1.29 is 0 Å². The lowest BCUT2D eigenvalue weighted by Gasteiger charge is -1.93. The van der Waals surface area contributed by atoms with Gasteiger partial charge in [-0.15, -0.1) is 17.5 Å². The van der Waals surface area contributed by atoms with Crippen LogP contribution in [-0.4, -0.2) is 6.26 Å². The SMILES string of the molecule is CC.CC1=CC=C(C)C=C=C1.CSc1ccc(C)cc1. The van der Waals surface area contributed by atoms with Gasteiger partial charge < -0.3 is 0 Å². The molecule has 0 N–H and O–H groups in total. The zero-order valence-electron chi connectivity index (χ0n) is 13.5. The van der Waals surface area contributed by atoms with Crippen molar-refractivity contribution in [1.29, 1.82) is 0 Å². The van der Waals surface area contributed by atoms with E-state index in [1.165, 1.54) is 21.6 Å². The largest absolute Gasteiger partial charge is 0.130 e. The van der Waals surface area contributed by atoms with Gasteiger partial charge in [-0.25, -0.2) is 0 Å². The maximum atomic E-state index is 3.06. The van der Waals surface area contributed by atoms with E-state index in [2.05, 4.69) is 69.2 Å². The van der Waals surface area contributed by atoms with Gasteiger partial charge in [-0.2, -0.15) is 0 Å². The van der Waals surface area contributed by atoms with Crippen LogP contribution in [0.15, 0.2) is 70.3 Å². The molecule has 0 saturated carbocycles. The van der Waals surface area contributed by atoms with Gasteiger partial charge in [-0.3, -0.25) is 0 Å². The summed E-state index contributed by atoms with van der Waals surface area (Å²) in [4.78, 5) is 1.33. The van der Waals surface area contributed by atoms with Crippen LogP contribution >= 0.6 is 11.8 Å². The van der Waals surface area contributed by atoms with Crippen molar-refractivity contribution in [3.05, 3.63) is 71.0 Å². The molecule has 20 heavy (non-hydrogen) atoms. The molecule has 0 unspecified atom stereocenters. The molecule has 0 fully saturated rings. The Morgan fingerprint density at radius 2 is 1.25 bits per heavy atom. The van der Waals surface area contributed by atoms with Crippen LogP contribution < -0.4 is 0 Å². The highest BCUT2D eigenvalue weighted by atomic mass is 32.2. The molecule has 1 aromatic rings. The van der Waals surface area contributed by atoms with E-state index >= 15 is 0 Å². The summed E-state index contributed by atoms with van der Waals surface area (Å²) in [5, 5.41) is 0. The molecule has 0 radical (unpaired) electrons. The van der Waals surface area contributed by atoms with E-state index in [1.807, 2.05) is 26.0 Å². The Kier molecular flexibility index (Phi) is 10.6. The summed E-state index contributed by atoms with van der Waals surface area (Å²) in [6.07, 6.45) is 10.2. The van der Waals surface area contributed by atoms with Gasteiger partial charge in [-0.1, -0.05) is 43.7 Å². The van der Waals surface area contributed by atoms with Crippen LogP contribution in [0, 0.1) is 6.92 Å².